The van der Waals surface area contributed by atoms with E-state index in [1.165, 1.54) is 44.6 Å². The molecule has 29 heavy (non-hydrogen) atoms. The van der Waals surface area contributed by atoms with E-state index in [0.29, 0.717) is 0 Å². The molecule has 0 radical (unpaired) electrons. The molecular formula is C22H33FN6. The topological polar surface area (TPSA) is 50.1 Å². The van der Waals surface area contributed by atoms with Gasteiger partial charge in [0.1, 0.15) is 5.82 Å². The third-order valence-electron chi connectivity index (χ3n) is 6.31. The molecule has 4 rings (SSSR count). The average molecular weight is 401 g/mol. The molecule has 158 valence electrons. The fourth-order valence-electron chi connectivity index (χ4n) is 4.59. The Hall–Kier alpha value is -2.02. The van der Waals surface area contributed by atoms with E-state index in [9.17, 15) is 4.39 Å². The number of anilines is 1. The molecule has 0 N–H and O–H groups in total. The Morgan fingerprint density at radius 3 is 2.62 bits per heavy atom. The lowest BCUT2D eigenvalue weighted by molar-refractivity contribution is 0.252. The maximum absolute atomic E-state index is 13.3. The Bertz CT molecular complexity index is 749. The SMILES string of the molecule is Fc1cccc(N2CCN(CCCCc3cn(CC4CCCCC4)nn3)CC2)n1. The second-order valence-electron chi connectivity index (χ2n) is 8.54. The molecule has 0 spiro atoms. The van der Waals surface area contributed by atoms with Gasteiger partial charge in [-0.05, 0) is 56.7 Å². The minimum atomic E-state index is -0.402. The quantitative estimate of drug-likeness (QED) is 0.501. The van der Waals surface area contributed by atoms with E-state index in [0.717, 1.165) is 69.5 Å². The molecule has 2 fully saturated rings. The first-order valence-corrected chi connectivity index (χ1v) is 11.2. The van der Waals surface area contributed by atoms with E-state index >= 15 is 0 Å². The number of halogens is 1. The Kier molecular flexibility index (Phi) is 7.09. The summed E-state index contributed by atoms with van der Waals surface area (Å²) in [5.41, 5.74) is 1.13. The summed E-state index contributed by atoms with van der Waals surface area (Å²) in [5.74, 6) is 1.14. The van der Waals surface area contributed by atoms with Crippen LogP contribution >= 0.6 is 0 Å². The lowest BCUT2D eigenvalue weighted by Gasteiger charge is -2.35. The van der Waals surface area contributed by atoms with E-state index < -0.39 is 5.95 Å². The highest BCUT2D eigenvalue weighted by molar-refractivity contribution is 5.38. The van der Waals surface area contributed by atoms with Gasteiger partial charge in [-0.15, -0.1) is 5.10 Å². The maximum atomic E-state index is 13.3. The molecule has 0 unspecified atom stereocenters. The Morgan fingerprint density at radius 1 is 1.00 bits per heavy atom. The van der Waals surface area contributed by atoms with Crippen molar-refractivity contribution in [2.24, 2.45) is 5.92 Å². The number of unbranched alkanes of at least 4 members (excludes halogenated alkanes) is 1. The van der Waals surface area contributed by atoms with Crippen LogP contribution in [0.2, 0.25) is 0 Å². The largest absolute Gasteiger partial charge is 0.354 e. The van der Waals surface area contributed by atoms with Crippen LogP contribution in [0.5, 0.6) is 0 Å². The van der Waals surface area contributed by atoms with Crippen LogP contribution in [-0.4, -0.2) is 57.6 Å². The number of pyridine rings is 1. The molecular weight excluding hydrogens is 367 g/mol. The molecule has 0 bridgehead atoms. The Morgan fingerprint density at radius 2 is 1.83 bits per heavy atom. The lowest BCUT2D eigenvalue weighted by Crippen LogP contribution is -2.47. The second-order valence-corrected chi connectivity index (χ2v) is 8.54. The maximum Gasteiger partial charge on any atom is 0.214 e. The molecule has 3 heterocycles. The molecule has 0 atom stereocenters. The fourth-order valence-corrected chi connectivity index (χ4v) is 4.59. The molecule has 6 nitrogen and oxygen atoms in total. The standard InChI is InChI=1S/C22H33FN6/c23-21-10-6-11-22(24-21)28-15-13-27(14-16-28)12-5-4-9-20-18-29(26-25-20)17-19-7-2-1-3-8-19/h6,10-11,18-19H,1-5,7-9,12-17H2. The normalized spacial score (nSPS) is 19.0. The monoisotopic (exact) mass is 400 g/mol. The Labute approximate surface area is 173 Å². The molecule has 1 aliphatic heterocycles. The number of aromatic nitrogens is 4. The van der Waals surface area contributed by atoms with Crippen molar-refractivity contribution in [3.63, 3.8) is 0 Å². The third-order valence-corrected chi connectivity index (χ3v) is 6.31. The van der Waals surface area contributed by atoms with Crippen LogP contribution in [0.25, 0.3) is 0 Å². The van der Waals surface area contributed by atoms with Gasteiger partial charge in [0.15, 0.2) is 0 Å². The Balaban J connectivity index is 1.12. The summed E-state index contributed by atoms with van der Waals surface area (Å²) < 4.78 is 15.4. The molecule has 1 aliphatic carbocycles. The van der Waals surface area contributed by atoms with Gasteiger partial charge in [-0.3, -0.25) is 9.58 Å². The number of piperazine rings is 1. The van der Waals surface area contributed by atoms with E-state index in [1.807, 2.05) is 6.07 Å². The highest BCUT2D eigenvalue weighted by Crippen LogP contribution is 2.24. The summed E-state index contributed by atoms with van der Waals surface area (Å²) >= 11 is 0. The molecule has 2 aliphatic rings. The van der Waals surface area contributed by atoms with Crippen molar-refractivity contribution in [2.75, 3.05) is 37.6 Å². The van der Waals surface area contributed by atoms with Crippen LogP contribution in [0.3, 0.4) is 0 Å². The highest BCUT2D eigenvalue weighted by atomic mass is 19.1. The third kappa shape index (κ3) is 5.98. The van der Waals surface area contributed by atoms with Crippen LogP contribution in [0.1, 0.15) is 50.6 Å². The smallest absolute Gasteiger partial charge is 0.214 e. The van der Waals surface area contributed by atoms with E-state index in [-0.39, 0.29) is 0 Å². The summed E-state index contributed by atoms with van der Waals surface area (Å²) in [7, 11) is 0. The van der Waals surface area contributed by atoms with Crippen molar-refractivity contribution in [1.29, 1.82) is 0 Å². The highest BCUT2D eigenvalue weighted by Gasteiger charge is 2.18. The van der Waals surface area contributed by atoms with Crippen molar-refractivity contribution < 1.29 is 4.39 Å². The zero-order valence-electron chi connectivity index (χ0n) is 17.3. The summed E-state index contributed by atoms with van der Waals surface area (Å²) in [6, 6.07) is 5.02. The van der Waals surface area contributed by atoms with Gasteiger partial charge in [-0.1, -0.05) is 30.5 Å². The zero-order chi connectivity index (χ0) is 19.9. The zero-order valence-corrected chi connectivity index (χ0v) is 17.3. The molecule has 1 saturated heterocycles. The van der Waals surface area contributed by atoms with Crippen LogP contribution < -0.4 is 4.90 Å². The van der Waals surface area contributed by atoms with Crippen molar-refractivity contribution in [3.05, 3.63) is 36.0 Å². The second kappa shape index (κ2) is 10.1. The molecule has 0 aromatic carbocycles. The minimum absolute atomic E-state index is 0.402. The first-order valence-electron chi connectivity index (χ1n) is 11.2. The van der Waals surface area contributed by atoms with Crippen LogP contribution in [0.4, 0.5) is 10.2 Å². The van der Waals surface area contributed by atoms with Gasteiger partial charge in [0.25, 0.3) is 0 Å². The lowest BCUT2D eigenvalue weighted by atomic mass is 9.89. The van der Waals surface area contributed by atoms with Gasteiger partial charge in [0.2, 0.25) is 5.95 Å². The predicted octanol–water partition coefficient (Wildman–Crippen LogP) is 3.54. The van der Waals surface area contributed by atoms with Gasteiger partial charge in [0, 0.05) is 38.9 Å². The van der Waals surface area contributed by atoms with Gasteiger partial charge >= 0.3 is 0 Å². The number of hydrogen-bond donors (Lipinski definition) is 0. The summed E-state index contributed by atoms with van der Waals surface area (Å²) in [6.07, 6.45) is 12.3. The van der Waals surface area contributed by atoms with Crippen molar-refractivity contribution in [1.82, 2.24) is 24.9 Å². The molecule has 0 amide bonds. The van der Waals surface area contributed by atoms with Crippen molar-refractivity contribution in [3.8, 4) is 0 Å². The minimum Gasteiger partial charge on any atom is -0.354 e. The van der Waals surface area contributed by atoms with Gasteiger partial charge in [-0.25, -0.2) is 4.98 Å². The summed E-state index contributed by atoms with van der Waals surface area (Å²) in [5, 5.41) is 8.71. The number of rotatable bonds is 8. The summed E-state index contributed by atoms with van der Waals surface area (Å²) in [6.45, 7) is 5.99. The van der Waals surface area contributed by atoms with Crippen LogP contribution in [-0.2, 0) is 13.0 Å². The van der Waals surface area contributed by atoms with E-state index in [1.54, 1.807) is 6.07 Å². The fraction of sp³-hybridized carbons (Fsp3) is 0.682. The van der Waals surface area contributed by atoms with E-state index in [2.05, 4.69) is 36.0 Å². The number of nitrogens with zero attached hydrogens (tertiary/aromatic N) is 6. The molecule has 2 aromatic heterocycles. The van der Waals surface area contributed by atoms with Gasteiger partial charge < -0.3 is 4.90 Å². The van der Waals surface area contributed by atoms with Gasteiger partial charge in [-0.2, -0.15) is 4.39 Å². The summed E-state index contributed by atoms with van der Waals surface area (Å²) in [4.78, 5) is 8.66. The number of hydrogen-bond acceptors (Lipinski definition) is 5. The first-order chi connectivity index (χ1) is 14.3. The average Bonchev–Trinajstić information content (AvgIpc) is 3.19. The van der Waals surface area contributed by atoms with Crippen LogP contribution in [0.15, 0.2) is 24.4 Å². The first kappa shape index (κ1) is 20.3. The molecule has 7 heteroatoms. The van der Waals surface area contributed by atoms with E-state index in [4.69, 9.17) is 0 Å². The van der Waals surface area contributed by atoms with Crippen LogP contribution in [0, 0.1) is 11.9 Å². The predicted molar refractivity (Wildman–Crippen MR) is 112 cm³/mol. The number of aryl methyl sites for hydroxylation is 1. The van der Waals surface area contributed by atoms with Crippen molar-refractivity contribution >= 4 is 5.82 Å². The molecule has 2 aromatic rings. The molecule has 1 saturated carbocycles. The van der Waals surface area contributed by atoms with Crippen molar-refractivity contribution in [2.45, 2.75) is 57.9 Å². The van der Waals surface area contributed by atoms with Gasteiger partial charge in [0.05, 0.1) is 5.69 Å².